The molecule has 0 saturated heterocycles. The van der Waals surface area contributed by atoms with Crippen molar-refractivity contribution >= 4 is 39.7 Å². The Morgan fingerprint density at radius 3 is 1.48 bits per heavy atom. The Morgan fingerprint density at radius 1 is 0.338 bits per heavy atom. The molecular formula is C62H47NS2. The molecule has 3 heteroatoms. The molecule has 2 aliphatic rings. The lowest BCUT2D eigenvalue weighted by atomic mass is 9.82. The Kier molecular flexibility index (Phi) is 9.31. The normalized spacial score (nSPS) is 13.8. The molecule has 2 aromatic heterocycles. The molecule has 0 atom stereocenters. The van der Waals surface area contributed by atoms with Gasteiger partial charge >= 0.3 is 0 Å². The summed E-state index contributed by atoms with van der Waals surface area (Å²) in [5.41, 5.74) is 21.5. The predicted molar refractivity (Wildman–Crippen MR) is 279 cm³/mol. The van der Waals surface area contributed by atoms with Crippen molar-refractivity contribution in [2.45, 2.75) is 38.5 Å². The highest BCUT2D eigenvalue weighted by Gasteiger charge is 2.45. The highest BCUT2D eigenvalue weighted by molar-refractivity contribution is 7.20. The van der Waals surface area contributed by atoms with E-state index < -0.39 is 0 Å². The summed E-state index contributed by atoms with van der Waals surface area (Å²) < 4.78 is 0. The van der Waals surface area contributed by atoms with Gasteiger partial charge in [-0.25, -0.2) is 0 Å². The third kappa shape index (κ3) is 6.25. The SMILES string of the molecule is CC1(C)c2ccccc2-c2ccc(N(c3ccc(-c4sc(-c5ccccc5)c5c4C(C)(C)c4sc(-c6ccccc6)c(-c6ccccc6)c4-5)cc3)c3ccccc3-c3ccccc3)cc21. The van der Waals surface area contributed by atoms with Crippen LogP contribution < -0.4 is 4.90 Å². The maximum atomic E-state index is 2.47. The van der Waals surface area contributed by atoms with Gasteiger partial charge < -0.3 is 4.90 Å². The number of para-hydroxylation sites is 1. The summed E-state index contributed by atoms with van der Waals surface area (Å²) >= 11 is 3.92. The fourth-order valence-corrected chi connectivity index (χ4v) is 13.6. The second-order valence-corrected chi connectivity index (χ2v) is 20.5. The van der Waals surface area contributed by atoms with Crippen molar-refractivity contribution in [3.63, 3.8) is 0 Å². The van der Waals surface area contributed by atoms with Gasteiger partial charge in [-0.05, 0) is 86.0 Å². The molecule has 0 spiro atoms. The minimum absolute atomic E-state index is 0.122. The average Bonchev–Trinajstić information content (AvgIpc) is 4.07. The minimum Gasteiger partial charge on any atom is -0.310 e. The van der Waals surface area contributed by atoms with Gasteiger partial charge in [-0.2, -0.15) is 0 Å². The van der Waals surface area contributed by atoms with Gasteiger partial charge in [0.1, 0.15) is 0 Å². The molecular weight excluding hydrogens is 823 g/mol. The van der Waals surface area contributed by atoms with E-state index in [0.717, 1.165) is 17.1 Å². The smallest absolute Gasteiger partial charge is 0.0540 e. The standard InChI is InChI=1S/C62H47NS2/c1-61(2)50-31-19-17-30-48(50)49-38-37-46(39-51(49)61)63(52-32-20-18-29-47(52)40-21-9-5-10-22-40)45-35-33-44(34-36-45)59-56-55(58(64-59)43-27-15-8-16-28-43)54-53(41-23-11-6-12-24-41)57(42-25-13-7-14-26-42)65-60(54)62(56,3)4/h5-39H,1-4H3. The average molecular weight is 870 g/mol. The molecule has 0 unspecified atom stereocenters. The van der Waals surface area contributed by atoms with Crippen LogP contribution in [0.1, 0.15) is 49.3 Å². The summed E-state index contributed by atoms with van der Waals surface area (Å²) in [6.07, 6.45) is 0. The number of thiophene rings is 2. The van der Waals surface area contributed by atoms with Gasteiger partial charge in [0.2, 0.25) is 0 Å². The lowest BCUT2D eigenvalue weighted by Crippen LogP contribution is -2.17. The van der Waals surface area contributed by atoms with Crippen LogP contribution in [0.2, 0.25) is 0 Å². The van der Waals surface area contributed by atoms with Gasteiger partial charge in [-0.15, -0.1) is 22.7 Å². The topological polar surface area (TPSA) is 3.24 Å². The van der Waals surface area contributed by atoms with Crippen LogP contribution in [0.3, 0.4) is 0 Å². The van der Waals surface area contributed by atoms with Gasteiger partial charge in [-0.3, -0.25) is 0 Å². The summed E-state index contributed by atoms with van der Waals surface area (Å²) in [6, 6.07) is 78.2. The second-order valence-electron chi connectivity index (χ2n) is 18.4. The van der Waals surface area contributed by atoms with Crippen molar-refractivity contribution in [3.8, 4) is 75.8 Å². The highest BCUT2D eigenvalue weighted by atomic mass is 32.1. The van der Waals surface area contributed by atoms with Gasteiger partial charge in [0, 0.05) is 64.0 Å². The zero-order valence-corrected chi connectivity index (χ0v) is 38.6. The third-order valence-electron chi connectivity index (χ3n) is 13.8. The van der Waals surface area contributed by atoms with E-state index in [1.54, 1.807) is 0 Å². The number of rotatable bonds is 8. The summed E-state index contributed by atoms with van der Waals surface area (Å²) in [5.74, 6) is 0. The van der Waals surface area contributed by atoms with E-state index in [9.17, 15) is 0 Å². The van der Waals surface area contributed by atoms with Gasteiger partial charge in [0.15, 0.2) is 0 Å². The minimum atomic E-state index is -0.223. The van der Waals surface area contributed by atoms with Crippen LogP contribution >= 0.6 is 22.7 Å². The molecule has 0 aliphatic heterocycles. The lowest BCUT2D eigenvalue weighted by Gasteiger charge is -2.30. The molecule has 0 bridgehead atoms. The predicted octanol–water partition coefficient (Wildman–Crippen LogP) is 18.2. The number of hydrogen-bond acceptors (Lipinski definition) is 3. The van der Waals surface area contributed by atoms with Crippen LogP contribution in [-0.2, 0) is 10.8 Å². The van der Waals surface area contributed by atoms with Crippen LogP contribution in [-0.4, -0.2) is 0 Å². The Hall–Kier alpha value is -7.04. The maximum Gasteiger partial charge on any atom is 0.0540 e. The van der Waals surface area contributed by atoms with Crippen LogP contribution in [0.15, 0.2) is 212 Å². The zero-order chi connectivity index (χ0) is 43.9. The van der Waals surface area contributed by atoms with Crippen molar-refractivity contribution in [3.05, 3.63) is 234 Å². The van der Waals surface area contributed by atoms with Crippen LogP contribution in [0, 0.1) is 0 Å². The van der Waals surface area contributed by atoms with E-state index >= 15 is 0 Å². The first-order chi connectivity index (χ1) is 31.8. The third-order valence-corrected chi connectivity index (χ3v) is 16.7. The summed E-state index contributed by atoms with van der Waals surface area (Å²) in [6.45, 7) is 9.64. The largest absolute Gasteiger partial charge is 0.310 e. The van der Waals surface area contributed by atoms with Crippen molar-refractivity contribution in [2.75, 3.05) is 4.90 Å². The van der Waals surface area contributed by atoms with E-state index in [1.165, 1.54) is 97.4 Å². The Balaban J connectivity index is 1.05. The number of hydrogen-bond donors (Lipinski definition) is 0. The molecule has 10 aromatic rings. The number of anilines is 3. The number of benzene rings is 8. The quantitative estimate of drug-likeness (QED) is 0.147. The molecule has 0 fully saturated rings. The number of nitrogens with zero attached hydrogens (tertiary/aromatic N) is 1. The summed E-state index contributed by atoms with van der Waals surface area (Å²) in [5, 5.41) is 0. The van der Waals surface area contributed by atoms with Crippen LogP contribution in [0.25, 0.3) is 75.8 Å². The van der Waals surface area contributed by atoms with Gasteiger partial charge in [0.05, 0.1) is 5.69 Å². The monoisotopic (exact) mass is 869 g/mol. The molecule has 312 valence electrons. The molecule has 2 aliphatic carbocycles. The van der Waals surface area contributed by atoms with Crippen molar-refractivity contribution in [1.29, 1.82) is 0 Å². The number of fused-ring (bicyclic) bond motifs is 6. The van der Waals surface area contributed by atoms with E-state index in [0.29, 0.717) is 0 Å². The first-order valence-electron chi connectivity index (χ1n) is 22.6. The molecule has 12 rings (SSSR count). The Morgan fingerprint density at radius 2 is 0.831 bits per heavy atom. The maximum absolute atomic E-state index is 2.47. The molecule has 2 heterocycles. The van der Waals surface area contributed by atoms with Crippen LogP contribution in [0.5, 0.6) is 0 Å². The molecule has 0 amide bonds. The van der Waals surface area contributed by atoms with Crippen molar-refractivity contribution < 1.29 is 0 Å². The first-order valence-corrected chi connectivity index (χ1v) is 24.2. The van der Waals surface area contributed by atoms with E-state index in [4.69, 9.17) is 0 Å². The van der Waals surface area contributed by atoms with Gasteiger partial charge in [0.25, 0.3) is 0 Å². The fourth-order valence-electron chi connectivity index (χ4n) is 10.7. The highest BCUT2D eigenvalue weighted by Crippen LogP contribution is 2.65. The molecule has 1 nitrogen and oxygen atoms in total. The molecule has 0 radical (unpaired) electrons. The Bertz CT molecular complexity index is 3390. The second kappa shape index (κ2) is 15.3. The van der Waals surface area contributed by atoms with Gasteiger partial charge in [-0.1, -0.05) is 210 Å². The molecule has 8 aromatic carbocycles. The molecule has 65 heavy (non-hydrogen) atoms. The first kappa shape index (κ1) is 39.5. The van der Waals surface area contributed by atoms with E-state index in [-0.39, 0.29) is 10.8 Å². The zero-order valence-electron chi connectivity index (χ0n) is 37.0. The fraction of sp³-hybridized carbons (Fsp3) is 0.0968. The summed E-state index contributed by atoms with van der Waals surface area (Å²) in [4.78, 5) is 7.92. The lowest BCUT2D eigenvalue weighted by molar-refractivity contribution is 0.660. The van der Waals surface area contributed by atoms with Crippen molar-refractivity contribution in [1.82, 2.24) is 0 Å². The van der Waals surface area contributed by atoms with E-state index in [1.807, 2.05) is 22.7 Å². The molecule has 0 N–H and O–H groups in total. The molecule has 0 saturated carbocycles. The van der Waals surface area contributed by atoms with Crippen LogP contribution in [0.4, 0.5) is 17.1 Å². The Labute approximate surface area is 390 Å². The summed E-state index contributed by atoms with van der Waals surface area (Å²) in [7, 11) is 0. The van der Waals surface area contributed by atoms with Crippen molar-refractivity contribution in [2.24, 2.45) is 0 Å². The van der Waals surface area contributed by atoms with E-state index in [2.05, 4.69) is 245 Å².